The Morgan fingerprint density at radius 2 is 1.95 bits per heavy atom. The molecule has 20 heavy (non-hydrogen) atoms. The second-order valence-electron chi connectivity index (χ2n) is 5.39. The molecule has 0 aliphatic heterocycles. The number of benzene rings is 1. The quantitative estimate of drug-likeness (QED) is 0.712. The normalized spacial score (nSPS) is 16.2. The summed E-state index contributed by atoms with van der Waals surface area (Å²) in [5.41, 5.74) is 2.53. The van der Waals surface area contributed by atoms with Crippen LogP contribution in [0.5, 0.6) is 0 Å². The second kappa shape index (κ2) is 4.99. The number of thiophene rings is 2. The van der Waals surface area contributed by atoms with E-state index in [9.17, 15) is 5.11 Å². The molecule has 1 N–H and O–H groups in total. The highest BCUT2D eigenvalue weighted by Crippen LogP contribution is 2.38. The van der Waals surface area contributed by atoms with Crippen LogP contribution in [-0.2, 0) is 12.8 Å². The van der Waals surface area contributed by atoms with Gasteiger partial charge in [-0.1, -0.05) is 18.2 Å². The third kappa shape index (κ3) is 2.01. The summed E-state index contributed by atoms with van der Waals surface area (Å²) in [5.74, 6) is 0. The number of aryl methyl sites for hydroxylation is 2. The van der Waals surface area contributed by atoms with Crippen LogP contribution in [0.2, 0.25) is 0 Å². The number of hydrogen-bond donors (Lipinski definition) is 1. The van der Waals surface area contributed by atoms with E-state index < -0.39 is 6.10 Å². The van der Waals surface area contributed by atoms with Gasteiger partial charge in [-0.3, -0.25) is 0 Å². The maximum absolute atomic E-state index is 10.7. The van der Waals surface area contributed by atoms with E-state index in [1.165, 1.54) is 46.2 Å². The number of fused-ring (bicyclic) bond motifs is 2. The van der Waals surface area contributed by atoms with Crippen LogP contribution < -0.4 is 0 Å². The summed E-state index contributed by atoms with van der Waals surface area (Å²) in [6, 6.07) is 10.6. The first kappa shape index (κ1) is 12.6. The first-order valence-corrected chi connectivity index (χ1v) is 8.78. The van der Waals surface area contributed by atoms with Crippen molar-refractivity contribution in [3.63, 3.8) is 0 Å². The van der Waals surface area contributed by atoms with Gasteiger partial charge in [0.1, 0.15) is 6.10 Å². The molecule has 0 bridgehead atoms. The fourth-order valence-corrected chi connectivity index (χ4v) is 5.25. The summed E-state index contributed by atoms with van der Waals surface area (Å²) in [6.07, 6.45) is 4.49. The molecule has 1 atom stereocenters. The van der Waals surface area contributed by atoms with E-state index in [-0.39, 0.29) is 0 Å². The van der Waals surface area contributed by atoms with Gasteiger partial charge in [0.25, 0.3) is 0 Å². The lowest BCUT2D eigenvalue weighted by Crippen LogP contribution is -1.97. The van der Waals surface area contributed by atoms with Crippen molar-refractivity contribution in [1.29, 1.82) is 0 Å². The largest absolute Gasteiger partial charge is 0.383 e. The van der Waals surface area contributed by atoms with Crippen LogP contribution in [0.1, 0.15) is 39.8 Å². The number of aliphatic hydroxyl groups is 1. The summed E-state index contributed by atoms with van der Waals surface area (Å²) in [6.45, 7) is 0. The Balaban J connectivity index is 1.76. The first-order valence-electron chi connectivity index (χ1n) is 7.08. The third-order valence-corrected chi connectivity index (χ3v) is 6.36. The number of rotatable bonds is 2. The minimum Gasteiger partial charge on any atom is -0.383 e. The van der Waals surface area contributed by atoms with E-state index >= 15 is 0 Å². The van der Waals surface area contributed by atoms with Crippen LogP contribution >= 0.6 is 22.7 Å². The SMILES string of the molecule is OC(c1cc2c(s1)CCCC2)c1csc2ccccc12. The lowest BCUT2D eigenvalue weighted by atomic mass is 9.98. The smallest absolute Gasteiger partial charge is 0.115 e. The topological polar surface area (TPSA) is 20.2 Å². The zero-order chi connectivity index (χ0) is 13.5. The Hall–Kier alpha value is -1.16. The summed E-state index contributed by atoms with van der Waals surface area (Å²) in [5, 5.41) is 14.0. The van der Waals surface area contributed by atoms with Crippen molar-refractivity contribution < 1.29 is 5.11 Å². The Morgan fingerprint density at radius 3 is 2.85 bits per heavy atom. The van der Waals surface area contributed by atoms with Crippen molar-refractivity contribution in [3.05, 3.63) is 56.6 Å². The van der Waals surface area contributed by atoms with Crippen molar-refractivity contribution in [1.82, 2.24) is 0 Å². The van der Waals surface area contributed by atoms with E-state index in [2.05, 4.69) is 29.6 Å². The highest BCUT2D eigenvalue weighted by Gasteiger charge is 2.20. The third-order valence-electron chi connectivity index (χ3n) is 4.09. The van der Waals surface area contributed by atoms with Crippen LogP contribution in [0, 0.1) is 0 Å². The molecule has 2 aromatic heterocycles. The van der Waals surface area contributed by atoms with Gasteiger partial charge in [0.15, 0.2) is 0 Å². The average molecular weight is 300 g/mol. The van der Waals surface area contributed by atoms with Gasteiger partial charge >= 0.3 is 0 Å². The molecule has 1 unspecified atom stereocenters. The average Bonchev–Trinajstić information content (AvgIpc) is 3.10. The van der Waals surface area contributed by atoms with Gasteiger partial charge < -0.3 is 5.11 Å². The molecule has 1 nitrogen and oxygen atoms in total. The predicted octanol–water partition coefficient (Wildman–Crippen LogP) is 4.92. The van der Waals surface area contributed by atoms with Crippen molar-refractivity contribution in [2.24, 2.45) is 0 Å². The Morgan fingerprint density at radius 1 is 1.10 bits per heavy atom. The Labute approximate surface area is 126 Å². The fourth-order valence-electron chi connectivity index (χ4n) is 3.01. The lowest BCUT2D eigenvalue weighted by Gasteiger charge is -2.08. The molecule has 1 aromatic carbocycles. The maximum Gasteiger partial charge on any atom is 0.115 e. The van der Waals surface area contributed by atoms with Crippen LogP contribution in [0.3, 0.4) is 0 Å². The molecule has 4 rings (SSSR count). The summed E-state index contributed by atoms with van der Waals surface area (Å²) < 4.78 is 1.25. The minimum absolute atomic E-state index is 0.471. The lowest BCUT2D eigenvalue weighted by molar-refractivity contribution is 0.226. The van der Waals surface area contributed by atoms with Gasteiger partial charge in [0.2, 0.25) is 0 Å². The van der Waals surface area contributed by atoms with E-state index in [4.69, 9.17) is 0 Å². The van der Waals surface area contributed by atoms with Crippen LogP contribution in [0.4, 0.5) is 0 Å². The molecule has 0 radical (unpaired) electrons. The highest BCUT2D eigenvalue weighted by atomic mass is 32.1. The minimum atomic E-state index is -0.471. The molecule has 0 amide bonds. The molecule has 1 aliphatic carbocycles. The first-order chi connectivity index (χ1) is 9.83. The molecule has 0 saturated heterocycles. The number of aliphatic hydroxyl groups excluding tert-OH is 1. The summed E-state index contributed by atoms with van der Waals surface area (Å²) >= 11 is 3.52. The molecule has 3 heteroatoms. The van der Waals surface area contributed by atoms with E-state index in [1.807, 2.05) is 6.07 Å². The zero-order valence-corrected chi connectivity index (χ0v) is 12.8. The second-order valence-corrected chi connectivity index (χ2v) is 7.47. The molecule has 3 aromatic rings. The van der Waals surface area contributed by atoms with Crippen molar-refractivity contribution in [3.8, 4) is 0 Å². The fraction of sp³-hybridized carbons (Fsp3) is 0.294. The van der Waals surface area contributed by atoms with Crippen molar-refractivity contribution in [2.45, 2.75) is 31.8 Å². The van der Waals surface area contributed by atoms with Crippen LogP contribution in [-0.4, -0.2) is 5.11 Å². The number of hydrogen-bond acceptors (Lipinski definition) is 3. The van der Waals surface area contributed by atoms with Crippen LogP contribution in [0.25, 0.3) is 10.1 Å². The van der Waals surface area contributed by atoms with Gasteiger partial charge in [-0.15, -0.1) is 22.7 Å². The standard InChI is InChI=1S/C17H16OS2/c18-17(13-10-19-15-8-4-2-6-12(13)15)16-9-11-5-1-3-7-14(11)20-16/h2,4,6,8-10,17-18H,1,3,5,7H2. The zero-order valence-electron chi connectivity index (χ0n) is 11.1. The molecular weight excluding hydrogens is 284 g/mol. The molecule has 102 valence electrons. The predicted molar refractivity (Wildman–Crippen MR) is 86.8 cm³/mol. The van der Waals surface area contributed by atoms with Crippen molar-refractivity contribution >= 4 is 32.8 Å². The van der Waals surface area contributed by atoms with E-state index in [1.54, 1.807) is 22.7 Å². The highest BCUT2D eigenvalue weighted by molar-refractivity contribution is 7.17. The molecule has 0 fully saturated rings. The van der Waals surface area contributed by atoms with E-state index in [0.717, 1.165) is 10.4 Å². The van der Waals surface area contributed by atoms with Gasteiger partial charge in [-0.25, -0.2) is 0 Å². The molecular formula is C17H16OS2. The van der Waals surface area contributed by atoms with Gasteiger partial charge in [-0.2, -0.15) is 0 Å². The van der Waals surface area contributed by atoms with Gasteiger partial charge in [-0.05, 0) is 54.1 Å². The van der Waals surface area contributed by atoms with Gasteiger partial charge in [0, 0.05) is 20.0 Å². The monoisotopic (exact) mass is 300 g/mol. The summed E-state index contributed by atoms with van der Waals surface area (Å²) in [7, 11) is 0. The van der Waals surface area contributed by atoms with Crippen LogP contribution in [0.15, 0.2) is 35.7 Å². The molecule has 0 saturated carbocycles. The van der Waals surface area contributed by atoms with E-state index in [0.29, 0.717) is 0 Å². The van der Waals surface area contributed by atoms with Gasteiger partial charge in [0.05, 0.1) is 0 Å². The Bertz CT molecular complexity index is 730. The summed E-state index contributed by atoms with van der Waals surface area (Å²) in [4.78, 5) is 2.60. The maximum atomic E-state index is 10.7. The molecule has 2 heterocycles. The Kier molecular flexibility index (Phi) is 3.14. The molecule has 1 aliphatic rings. The molecule has 0 spiro atoms. The van der Waals surface area contributed by atoms with Crippen molar-refractivity contribution in [2.75, 3.05) is 0 Å².